The molecular weight excluding hydrogens is 394 g/mol. The predicted octanol–water partition coefficient (Wildman–Crippen LogP) is 3.63. The second-order valence-electron chi connectivity index (χ2n) is 7.72. The van der Waals surface area contributed by atoms with Crippen LogP contribution < -0.4 is 5.32 Å². The van der Waals surface area contributed by atoms with Gasteiger partial charge in [0.25, 0.3) is 5.91 Å². The van der Waals surface area contributed by atoms with Crippen LogP contribution in [-0.4, -0.2) is 36.6 Å². The maximum Gasteiger partial charge on any atom is 0.339 e. The van der Waals surface area contributed by atoms with E-state index in [9.17, 15) is 19.2 Å². The summed E-state index contributed by atoms with van der Waals surface area (Å²) in [5.41, 5.74) is 2.12. The van der Waals surface area contributed by atoms with Gasteiger partial charge in [0, 0.05) is 28.8 Å². The molecule has 158 valence electrons. The SMILES string of the molecule is O=C(COC(=O)c1cccc2c1C(=O)c1ccccc1C2=O)NCCC1=CCCCC1. The van der Waals surface area contributed by atoms with E-state index in [2.05, 4.69) is 11.4 Å². The van der Waals surface area contributed by atoms with E-state index in [1.165, 1.54) is 36.6 Å². The van der Waals surface area contributed by atoms with Crippen molar-refractivity contribution in [3.63, 3.8) is 0 Å². The van der Waals surface area contributed by atoms with Crippen LogP contribution in [0.3, 0.4) is 0 Å². The molecule has 0 aliphatic heterocycles. The summed E-state index contributed by atoms with van der Waals surface area (Å²) in [6.45, 7) is 0.0486. The smallest absolute Gasteiger partial charge is 0.339 e. The summed E-state index contributed by atoms with van der Waals surface area (Å²) in [6, 6.07) is 11.0. The van der Waals surface area contributed by atoms with Gasteiger partial charge in [-0.1, -0.05) is 48.0 Å². The van der Waals surface area contributed by atoms with Crippen molar-refractivity contribution < 1.29 is 23.9 Å². The fraction of sp³-hybridized carbons (Fsp3) is 0.280. The average molecular weight is 417 g/mol. The van der Waals surface area contributed by atoms with Gasteiger partial charge in [-0.25, -0.2) is 4.79 Å². The van der Waals surface area contributed by atoms with Gasteiger partial charge in [0.15, 0.2) is 18.2 Å². The first kappa shape index (κ1) is 20.7. The quantitative estimate of drug-likeness (QED) is 0.489. The molecule has 6 nitrogen and oxygen atoms in total. The minimum atomic E-state index is -0.803. The maximum absolute atomic E-state index is 13.0. The van der Waals surface area contributed by atoms with Crippen LogP contribution in [0.1, 0.15) is 74.3 Å². The molecule has 0 unspecified atom stereocenters. The lowest BCUT2D eigenvalue weighted by Gasteiger charge is -2.19. The molecule has 0 saturated heterocycles. The van der Waals surface area contributed by atoms with Crippen molar-refractivity contribution in [2.24, 2.45) is 0 Å². The third-order valence-electron chi connectivity index (χ3n) is 5.66. The molecule has 0 saturated carbocycles. The van der Waals surface area contributed by atoms with E-state index in [-0.39, 0.29) is 28.0 Å². The minimum Gasteiger partial charge on any atom is -0.452 e. The average Bonchev–Trinajstić information content (AvgIpc) is 2.81. The first-order chi connectivity index (χ1) is 15.1. The van der Waals surface area contributed by atoms with Crippen molar-refractivity contribution >= 4 is 23.4 Å². The van der Waals surface area contributed by atoms with Gasteiger partial charge in [0.2, 0.25) is 0 Å². The normalized spacial score (nSPS) is 14.9. The summed E-state index contributed by atoms with van der Waals surface area (Å²) in [5.74, 6) is -1.91. The van der Waals surface area contributed by atoms with Crippen LogP contribution in [0.5, 0.6) is 0 Å². The number of nitrogens with one attached hydrogen (secondary N) is 1. The number of hydrogen-bond donors (Lipinski definition) is 1. The molecular formula is C25H23NO5. The number of hydrogen-bond acceptors (Lipinski definition) is 5. The predicted molar refractivity (Wildman–Crippen MR) is 114 cm³/mol. The first-order valence-corrected chi connectivity index (χ1v) is 10.5. The lowest BCUT2D eigenvalue weighted by Crippen LogP contribution is -2.30. The van der Waals surface area contributed by atoms with Gasteiger partial charge in [0.1, 0.15) is 0 Å². The highest BCUT2D eigenvalue weighted by atomic mass is 16.5. The molecule has 0 spiro atoms. The summed E-state index contributed by atoms with van der Waals surface area (Å²) in [5, 5.41) is 2.75. The molecule has 6 heteroatoms. The Morgan fingerprint density at radius 1 is 0.903 bits per heavy atom. The number of fused-ring (bicyclic) bond motifs is 2. The molecule has 0 aromatic heterocycles. The summed E-state index contributed by atoms with van der Waals surface area (Å²) in [6.07, 6.45) is 7.58. The third kappa shape index (κ3) is 4.33. The van der Waals surface area contributed by atoms with Crippen molar-refractivity contribution in [3.8, 4) is 0 Å². The largest absolute Gasteiger partial charge is 0.452 e. The molecule has 1 N–H and O–H groups in total. The van der Waals surface area contributed by atoms with E-state index < -0.39 is 24.3 Å². The molecule has 1 amide bonds. The highest BCUT2D eigenvalue weighted by Crippen LogP contribution is 2.29. The van der Waals surface area contributed by atoms with Crippen LogP contribution in [-0.2, 0) is 9.53 Å². The fourth-order valence-corrected chi connectivity index (χ4v) is 4.07. The number of ketones is 2. The van der Waals surface area contributed by atoms with Crippen LogP contribution in [0.25, 0.3) is 0 Å². The fourth-order valence-electron chi connectivity index (χ4n) is 4.07. The summed E-state index contributed by atoms with van der Waals surface area (Å²) < 4.78 is 5.14. The van der Waals surface area contributed by atoms with Crippen LogP contribution in [0.4, 0.5) is 0 Å². The summed E-state index contributed by atoms with van der Waals surface area (Å²) in [4.78, 5) is 50.4. The third-order valence-corrected chi connectivity index (χ3v) is 5.66. The Balaban J connectivity index is 1.41. The summed E-state index contributed by atoms with van der Waals surface area (Å²) >= 11 is 0. The van der Waals surface area contributed by atoms with E-state index in [0.29, 0.717) is 12.1 Å². The topological polar surface area (TPSA) is 89.5 Å². The Hall–Kier alpha value is -3.54. The Labute approximate surface area is 180 Å². The molecule has 31 heavy (non-hydrogen) atoms. The zero-order valence-corrected chi connectivity index (χ0v) is 17.1. The van der Waals surface area contributed by atoms with E-state index in [1.807, 2.05) is 0 Å². The van der Waals surface area contributed by atoms with E-state index in [1.54, 1.807) is 24.3 Å². The molecule has 0 radical (unpaired) electrons. The molecule has 0 bridgehead atoms. The van der Waals surface area contributed by atoms with Crippen LogP contribution in [0.15, 0.2) is 54.1 Å². The van der Waals surface area contributed by atoms with Gasteiger partial charge < -0.3 is 10.1 Å². The number of esters is 1. The zero-order chi connectivity index (χ0) is 21.8. The molecule has 0 atom stereocenters. The second-order valence-corrected chi connectivity index (χ2v) is 7.72. The highest BCUT2D eigenvalue weighted by Gasteiger charge is 2.33. The van der Waals surface area contributed by atoms with Crippen molar-refractivity contribution in [2.45, 2.75) is 32.1 Å². The molecule has 2 aliphatic rings. The van der Waals surface area contributed by atoms with Crippen molar-refractivity contribution in [3.05, 3.63) is 81.9 Å². The number of amides is 1. The monoisotopic (exact) mass is 417 g/mol. The molecule has 2 aromatic rings. The van der Waals surface area contributed by atoms with Crippen LogP contribution in [0, 0.1) is 0 Å². The highest BCUT2D eigenvalue weighted by molar-refractivity contribution is 6.30. The molecule has 2 aromatic carbocycles. The van der Waals surface area contributed by atoms with Gasteiger partial charge >= 0.3 is 5.97 Å². The lowest BCUT2D eigenvalue weighted by molar-refractivity contribution is -0.124. The number of ether oxygens (including phenoxy) is 1. The molecule has 2 aliphatic carbocycles. The van der Waals surface area contributed by atoms with Gasteiger partial charge in [0.05, 0.1) is 5.56 Å². The zero-order valence-electron chi connectivity index (χ0n) is 17.1. The number of carbonyl (C=O) groups excluding carboxylic acids is 4. The van der Waals surface area contributed by atoms with Crippen molar-refractivity contribution in [1.82, 2.24) is 5.32 Å². The van der Waals surface area contributed by atoms with E-state index in [0.717, 1.165) is 19.3 Å². The van der Waals surface area contributed by atoms with Crippen molar-refractivity contribution in [2.75, 3.05) is 13.2 Å². The Morgan fingerprint density at radius 3 is 2.39 bits per heavy atom. The number of rotatable bonds is 6. The molecule has 4 rings (SSSR count). The van der Waals surface area contributed by atoms with E-state index in [4.69, 9.17) is 4.74 Å². The van der Waals surface area contributed by atoms with Crippen LogP contribution >= 0.6 is 0 Å². The van der Waals surface area contributed by atoms with E-state index >= 15 is 0 Å². The maximum atomic E-state index is 13.0. The standard InChI is InChI=1S/C25H23NO5/c27-21(26-14-13-16-7-2-1-3-8-16)15-31-25(30)20-12-6-11-19-22(20)24(29)18-10-5-4-9-17(18)23(19)28/h4-7,9-12H,1-3,8,13-15H2,(H,26,27). The Morgan fingerprint density at radius 2 is 1.65 bits per heavy atom. The lowest BCUT2D eigenvalue weighted by atomic mass is 9.82. The van der Waals surface area contributed by atoms with Crippen LogP contribution in [0.2, 0.25) is 0 Å². The minimum absolute atomic E-state index is 0.00878. The number of allylic oxidation sites excluding steroid dienone is 1. The number of carbonyl (C=O) groups is 4. The molecule has 0 heterocycles. The second kappa shape index (κ2) is 9.08. The Bertz CT molecular complexity index is 1100. The molecule has 0 fully saturated rings. The van der Waals surface area contributed by atoms with Gasteiger partial charge in [-0.3, -0.25) is 14.4 Å². The number of benzene rings is 2. The van der Waals surface area contributed by atoms with Gasteiger partial charge in [-0.15, -0.1) is 0 Å². The van der Waals surface area contributed by atoms with Crippen molar-refractivity contribution in [1.29, 1.82) is 0 Å². The summed E-state index contributed by atoms with van der Waals surface area (Å²) in [7, 11) is 0. The first-order valence-electron chi connectivity index (χ1n) is 10.5. The van der Waals surface area contributed by atoms with Gasteiger partial charge in [-0.2, -0.15) is 0 Å². The Kier molecular flexibility index (Phi) is 6.07. The van der Waals surface area contributed by atoms with Gasteiger partial charge in [-0.05, 0) is 38.2 Å².